The van der Waals surface area contributed by atoms with Crippen LogP contribution in [0, 0.1) is 0 Å². The number of aryl methyl sites for hydroxylation is 1. The smallest absolute Gasteiger partial charge is 0.245 e. The van der Waals surface area contributed by atoms with Crippen LogP contribution >= 0.6 is 27.5 Å². The fourth-order valence-corrected chi connectivity index (χ4v) is 2.61. The van der Waals surface area contributed by atoms with Crippen LogP contribution in [0.3, 0.4) is 0 Å². The standard InChI is InChI=1S/C14H12BrClN4O/c1-21-14-12-13(17-8-18-14)20(11(19-12)6-7-16)10-4-2-9(15)3-5-10/h2-5,8H,6-7H2,1H3. The van der Waals surface area contributed by atoms with Gasteiger partial charge in [0.25, 0.3) is 0 Å². The van der Waals surface area contributed by atoms with Crippen LogP contribution in [-0.4, -0.2) is 32.5 Å². The Bertz CT molecular complexity index is 772. The van der Waals surface area contributed by atoms with Crippen molar-refractivity contribution in [3.8, 4) is 11.6 Å². The molecule has 0 fully saturated rings. The average molecular weight is 368 g/mol. The van der Waals surface area contributed by atoms with Crippen LogP contribution in [0.25, 0.3) is 16.9 Å². The zero-order chi connectivity index (χ0) is 14.8. The van der Waals surface area contributed by atoms with E-state index < -0.39 is 0 Å². The Balaban J connectivity index is 2.28. The number of benzene rings is 1. The van der Waals surface area contributed by atoms with E-state index >= 15 is 0 Å². The Morgan fingerprint density at radius 2 is 2.00 bits per heavy atom. The third-order valence-corrected chi connectivity index (χ3v) is 3.79. The Morgan fingerprint density at radius 3 is 2.67 bits per heavy atom. The minimum Gasteiger partial charge on any atom is -0.479 e. The van der Waals surface area contributed by atoms with Crippen LogP contribution in [0.1, 0.15) is 5.82 Å². The minimum atomic E-state index is 0.465. The van der Waals surface area contributed by atoms with Gasteiger partial charge in [-0.1, -0.05) is 15.9 Å². The monoisotopic (exact) mass is 366 g/mol. The molecule has 21 heavy (non-hydrogen) atoms. The maximum absolute atomic E-state index is 5.89. The van der Waals surface area contributed by atoms with Gasteiger partial charge in [-0.15, -0.1) is 11.6 Å². The molecule has 0 unspecified atom stereocenters. The molecule has 0 aliphatic rings. The summed E-state index contributed by atoms with van der Waals surface area (Å²) in [5.41, 5.74) is 2.33. The van der Waals surface area contributed by atoms with Crippen molar-refractivity contribution in [1.29, 1.82) is 0 Å². The lowest BCUT2D eigenvalue weighted by Gasteiger charge is -2.08. The van der Waals surface area contributed by atoms with E-state index in [0.717, 1.165) is 16.0 Å². The fraction of sp³-hybridized carbons (Fsp3) is 0.214. The van der Waals surface area contributed by atoms with Gasteiger partial charge in [-0.3, -0.25) is 4.57 Å². The lowest BCUT2D eigenvalue weighted by molar-refractivity contribution is 0.401. The summed E-state index contributed by atoms with van der Waals surface area (Å²) in [5.74, 6) is 1.78. The predicted octanol–water partition coefficient (Wildman–Crippen LogP) is 3.37. The molecule has 2 heterocycles. The molecule has 0 radical (unpaired) electrons. The summed E-state index contributed by atoms with van der Waals surface area (Å²) >= 11 is 9.33. The second-order valence-electron chi connectivity index (χ2n) is 4.33. The lowest BCUT2D eigenvalue weighted by Crippen LogP contribution is -2.03. The summed E-state index contributed by atoms with van der Waals surface area (Å²) in [7, 11) is 1.57. The molecule has 108 valence electrons. The number of hydrogen-bond donors (Lipinski definition) is 0. The summed E-state index contributed by atoms with van der Waals surface area (Å²) in [4.78, 5) is 13.0. The molecule has 0 amide bonds. The third-order valence-electron chi connectivity index (χ3n) is 3.08. The molecule has 1 aromatic carbocycles. The van der Waals surface area contributed by atoms with Gasteiger partial charge in [-0.25, -0.2) is 9.97 Å². The maximum Gasteiger partial charge on any atom is 0.245 e. The highest BCUT2D eigenvalue weighted by molar-refractivity contribution is 9.10. The normalized spacial score (nSPS) is 11.0. The van der Waals surface area contributed by atoms with Gasteiger partial charge in [0.2, 0.25) is 5.88 Å². The van der Waals surface area contributed by atoms with Crippen LogP contribution in [0.2, 0.25) is 0 Å². The van der Waals surface area contributed by atoms with Crippen LogP contribution < -0.4 is 4.74 Å². The van der Waals surface area contributed by atoms with Gasteiger partial charge in [-0.05, 0) is 24.3 Å². The van der Waals surface area contributed by atoms with Gasteiger partial charge in [0.05, 0.1) is 7.11 Å². The Kier molecular flexibility index (Phi) is 4.07. The van der Waals surface area contributed by atoms with Gasteiger partial charge >= 0.3 is 0 Å². The van der Waals surface area contributed by atoms with E-state index in [2.05, 4.69) is 30.9 Å². The van der Waals surface area contributed by atoms with Crippen LogP contribution in [-0.2, 0) is 6.42 Å². The summed E-state index contributed by atoms with van der Waals surface area (Å²) in [6.07, 6.45) is 2.11. The van der Waals surface area contributed by atoms with Crippen LogP contribution in [0.4, 0.5) is 0 Å². The first-order valence-corrected chi connectivity index (χ1v) is 7.65. The van der Waals surface area contributed by atoms with Gasteiger partial charge in [0, 0.05) is 22.5 Å². The molecular weight excluding hydrogens is 356 g/mol. The zero-order valence-electron chi connectivity index (χ0n) is 11.3. The maximum atomic E-state index is 5.89. The highest BCUT2D eigenvalue weighted by Crippen LogP contribution is 2.26. The van der Waals surface area contributed by atoms with E-state index in [1.165, 1.54) is 6.33 Å². The number of halogens is 2. The highest BCUT2D eigenvalue weighted by atomic mass is 79.9. The first-order valence-electron chi connectivity index (χ1n) is 6.33. The summed E-state index contributed by atoms with van der Waals surface area (Å²) in [6.45, 7) is 0. The van der Waals surface area contributed by atoms with E-state index in [4.69, 9.17) is 16.3 Å². The number of fused-ring (bicyclic) bond motifs is 1. The van der Waals surface area contributed by atoms with Crippen molar-refractivity contribution in [2.75, 3.05) is 13.0 Å². The Labute approximate surface area is 135 Å². The molecule has 0 aliphatic carbocycles. The van der Waals surface area contributed by atoms with Gasteiger partial charge in [0.1, 0.15) is 12.2 Å². The zero-order valence-corrected chi connectivity index (χ0v) is 13.6. The van der Waals surface area contributed by atoms with E-state index in [9.17, 15) is 0 Å². The van der Waals surface area contributed by atoms with E-state index in [0.29, 0.717) is 29.3 Å². The van der Waals surface area contributed by atoms with Crippen molar-refractivity contribution >= 4 is 38.7 Å². The first kappa shape index (κ1) is 14.3. The number of nitrogens with zero attached hydrogens (tertiary/aromatic N) is 4. The molecule has 3 aromatic rings. The van der Waals surface area contributed by atoms with Crippen LogP contribution in [0.15, 0.2) is 35.1 Å². The predicted molar refractivity (Wildman–Crippen MR) is 85.3 cm³/mol. The minimum absolute atomic E-state index is 0.465. The molecular formula is C14H12BrClN4O. The van der Waals surface area contributed by atoms with Crippen molar-refractivity contribution in [2.45, 2.75) is 6.42 Å². The number of methoxy groups -OCH3 is 1. The molecule has 2 aromatic heterocycles. The average Bonchev–Trinajstić information content (AvgIpc) is 2.86. The molecule has 0 spiro atoms. The molecule has 0 N–H and O–H groups in total. The van der Waals surface area contributed by atoms with E-state index in [1.54, 1.807) is 7.11 Å². The summed E-state index contributed by atoms with van der Waals surface area (Å²) in [6, 6.07) is 7.95. The second-order valence-corrected chi connectivity index (χ2v) is 5.63. The van der Waals surface area contributed by atoms with Crippen molar-refractivity contribution in [3.05, 3.63) is 40.9 Å². The quantitative estimate of drug-likeness (QED) is 0.664. The molecule has 0 saturated carbocycles. The molecule has 0 atom stereocenters. The molecule has 0 aliphatic heterocycles. The summed E-state index contributed by atoms with van der Waals surface area (Å²) in [5, 5.41) is 0. The number of alkyl halides is 1. The first-order chi connectivity index (χ1) is 10.2. The largest absolute Gasteiger partial charge is 0.479 e. The van der Waals surface area contributed by atoms with Gasteiger partial charge in [0.15, 0.2) is 11.2 Å². The number of aromatic nitrogens is 4. The van der Waals surface area contributed by atoms with Crippen molar-refractivity contribution in [2.24, 2.45) is 0 Å². The SMILES string of the molecule is COc1ncnc2c1nc(CCCl)n2-c1ccc(Br)cc1. The number of rotatable bonds is 4. The topological polar surface area (TPSA) is 52.8 Å². The van der Waals surface area contributed by atoms with E-state index in [-0.39, 0.29) is 0 Å². The molecule has 0 saturated heterocycles. The Hall–Kier alpha value is -1.66. The fourth-order valence-electron chi connectivity index (χ4n) is 2.18. The van der Waals surface area contributed by atoms with E-state index in [1.807, 2.05) is 28.8 Å². The highest BCUT2D eigenvalue weighted by Gasteiger charge is 2.17. The van der Waals surface area contributed by atoms with Crippen LogP contribution in [0.5, 0.6) is 5.88 Å². The molecule has 3 rings (SSSR count). The van der Waals surface area contributed by atoms with Crippen molar-refractivity contribution in [1.82, 2.24) is 19.5 Å². The lowest BCUT2D eigenvalue weighted by atomic mass is 10.3. The van der Waals surface area contributed by atoms with Gasteiger partial charge in [-0.2, -0.15) is 4.98 Å². The molecule has 5 nitrogen and oxygen atoms in total. The Morgan fingerprint density at radius 1 is 1.24 bits per heavy atom. The van der Waals surface area contributed by atoms with Gasteiger partial charge < -0.3 is 4.74 Å². The van der Waals surface area contributed by atoms with Crippen molar-refractivity contribution < 1.29 is 4.74 Å². The number of ether oxygens (including phenoxy) is 1. The third kappa shape index (κ3) is 2.61. The number of imidazole rings is 1. The van der Waals surface area contributed by atoms with Crippen molar-refractivity contribution in [3.63, 3.8) is 0 Å². The molecule has 7 heteroatoms. The summed E-state index contributed by atoms with van der Waals surface area (Å²) < 4.78 is 8.26. The number of hydrogen-bond acceptors (Lipinski definition) is 4. The molecule has 0 bridgehead atoms. The second kappa shape index (κ2) is 5.99.